The lowest BCUT2D eigenvalue weighted by Crippen LogP contribution is -2.34. The largest absolute Gasteiger partial charge is 0.342 e. The zero-order chi connectivity index (χ0) is 14.4. The molecule has 0 saturated carbocycles. The van der Waals surface area contributed by atoms with E-state index in [-0.39, 0.29) is 5.91 Å². The number of hydrogen-bond acceptors (Lipinski definition) is 1. The van der Waals surface area contributed by atoms with Crippen LogP contribution in [0, 0.1) is 0 Å². The van der Waals surface area contributed by atoms with Crippen molar-refractivity contribution in [2.75, 3.05) is 18.4 Å². The lowest BCUT2D eigenvalue weighted by molar-refractivity contribution is -0.130. The molecule has 0 spiro atoms. The molecule has 0 radical (unpaired) electrons. The first kappa shape index (κ1) is 15.0. The number of hydrogen-bond donors (Lipinski definition) is 0. The third-order valence-electron chi connectivity index (χ3n) is 3.37. The highest BCUT2D eigenvalue weighted by Gasteiger charge is 2.12. The smallest absolute Gasteiger partial charge is 0.227 e. The zero-order valence-electron chi connectivity index (χ0n) is 11.8. The van der Waals surface area contributed by atoms with Crippen LogP contribution in [0.2, 0.25) is 0 Å². The zero-order valence-corrected chi connectivity index (χ0v) is 13.4. The summed E-state index contributed by atoms with van der Waals surface area (Å²) in [5.74, 6) is 0.210. The molecule has 0 unspecified atom stereocenters. The third-order valence-corrected chi connectivity index (χ3v) is 3.72. The van der Waals surface area contributed by atoms with Crippen molar-refractivity contribution in [1.82, 2.24) is 4.90 Å². The fraction of sp³-hybridized carbons (Fsp3) is 0.353. The Hall–Kier alpha value is -1.35. The first-order valence-corrected chi connectivity index (χ1v) is 8.18. The predicted octanol–water partition coefficient (Wildman–Crippen LogP) is 4.02. The molecule has 1 amide bonds. The van der Waals surface area contributed by atoms with Crippen LogP contribution in [0.1, 0.15) is 18.9 Å². The van der Waals surface area contributed by atoms with Crippen molar-refractivity contribution >= 4 is 32.6 Å². The van der Waals surface area contributed by atoms with E-state index in [1.807, 2.05) is 17.0 Å². The Kier molecular flexibility index (Phi) is 5.60. The molecule has 3 heteroatoms. The Morgan fingerprint density at radius 3 is 2.55 bits per heavy atom. The molecule has 106 valence electrons. The average molecular weight is 334 g/mol. The van der Waals surface area contributed by atoms with Gasteiger partial charge in [-0.25, -0.2) is 0 Å². The minimum atomic E-state index is 0.210. The van der Waals surface area contributed by atoms with Crippen molar-refractivity contribution in [2.45, 2.75) is 19.8 Å². The lowest BCUT2D eigenvalue weighted by atomic mass is 10.0. The molecular weight excluding hydrogens is 314 g/mol. The molecule has 2 rings (SSSR count). The second-order valence-corrected chi connectivity index (χ2v) is 5.72. The summed E-state index contributed by atoms with van der Waals surface area (Å²) >= 11 is 3.41. The van der Waals surface area contributed by atoms with Crippen LogP contribution in [-0.4, -0.2) is 29.2 Å². The first-order chi connectivity index (χ1) is 9.74. The van der Waals surface area contributed by atoms with Crippen molar-refractivity contribution in [3.63, 3.8) is 0 Å². The fourth-order valence-corrected chi connectivity index (χ4v) is 2.80. The van der Waals surface area contributed by atoms with E-state index >= 15 is 0 Å². The van der Waals surface area contributed by atoms with Crippen LogP contribution in [0.5, 0.6) is 0 Å². The summed E-state index contributed by atoms with van der Waals surface area (Å²) in [4.78, 5) is 14.3. The number of carbonyl (C=O) groups is 1. The maximum absolute atomic E-state index is 12.3. The molecule has 0 aromatic heterocycles. The second kappa shape index (κ2) is 7.44. The van der Waals surface area contributed by atoms with Gasteiger partial charge in [0.2, 0.25) is 5.91 Å². The summed E-state index contributed by atoms with van der Waals surface area (Å²) in [7, 11) is 0. The minimum absolute atomic E-state index is 0.210. The Bertz CT molecular complexity index is 576. The Labute approximate surface area is 128 Å². The normalized spacial score (nSPS) is 10.7. The van der Waals surface area contributed by atoms with Gasteiger partial charge in [0.1, 0.15) is 0 Å². The van der Waals surface area contributed by atoms with E-state index in [9.17, 15) is 4.79 Å². The van der Waals surface area contributed by atoms with Crippen molar-refractivity contribution in [1.29, 1.82) is 0 Å². The predicted molar refractivity (Wildman–Crippen MR) is 88.3 cm³/mol. The van der Waals surface area contributed by atoms with E-state index in [2.05, 4.69) is 53.2 Å². The van der Waals surface area contributed by atoms with Crippen LogP contribution in [0.4, 0.5) is 0 Å². The quantitative estimate of drug-likeness (QED) is 0.731. The summed E-state index contributed by atoms with van der Waals surface area (Å²) < 4.78 is 0. The first-order valence-electron chi connectivity index (χ1n) is 7.06. The van der Waals surface area contributed by atoms with E-state index in [1.54, 1.807) is 0 Å². The maximum Gasteiger partial charge on any atom is 0.227 e. The molecule has 0 bridgehead atoms. The molecule has 0 N–H and O–H groups in total. The molecule has 0 saturated heterocycles. The topological polar surface area (TPSA) is 20.3 Å². The van der Waals surface area contributed by atoms with Crippen molar-refractivity contribution in [3.8, 4) is 0 Å². The molecule has 0 heterocycles. The Balaban J connectivity index is 2.11. The van der Waals surface area contributed by atoms with Gasteiger partial charge >= 0.3 is 0 Å². The lowest BCUT2D eigenvalue weighted by Gasteiger charge is -2.21. The van der Waals surface area contributed by atoms with Gasteiger partial charge in [0.15, 0.2) is 0 Å². The minimum Gasteiger partial charge on any atom is -0.342 e. The number of alkyl halides is 1. The molecule has 0 aliphatic heterocycles. The van der Waals surface area contributed by atoms with E-state index in [1.165, 1.54) is 10.8 Å². The van der Waals surface area contributed by atoms with Gasteiger partial charge in [0.05, 0.1) is 6.42 Å². The van der Waals surface area contributed by atoms with Gasteiger partial charge in [0.25, 0.3) is 0 Å². The van der Waals surface area contributed by atoms with E-state index in [0.29, 0.717) is 6.42 Å². The van der Waals surface area contributed by atoms with Crippen LogP contribution in [0.25, 0.3) is 10.8 Å². The number of halogens is 1. The number of benzene rings is 2. The molecule has 2 aromatic carbocycles. The van der Waals surface area contributed by atoms with Crippen LogP contribution < -0.4 is 0 Å². The number of fused-ring (bicyclic) bond motifs is 1. The number of amides is 1. The van der Waals surface area contributed by atoms with Crippen LogP contribution >= 0.6 is 15.9 Å². The Morgan fingerprint density at radius 1 is 1.10 bits per heavy atom. The van der Waals surface area contributed by atoms with Gasteiger partial charge in [-0.15, -0.1) is 0 Å². The number of carbonyl (C=O) groups excluding carboxylic acids is 1. The highest BCUT2D eigenvalue weighted by atomic mass is 79.9. The van der Waals surface area contributed by atoms with Crippen LogP contribution in [0.3, 0.4) is 0 Å². The highest BCUT2D eigenvalue weighted by molar-refractivity contribution is 9.09. The second-order valence-electron chi connectivity index (χ2n) is 4.93. The van der Waals surface area contributed by atoms with Crippen molar-refractivity contribution in [3.05, 3.63) is 48.0 Å². The van der Waals surface area contributed by atoms with Crippen LogP contribution in [-0.2, 0) is 11.2 Å². The van der Waals surface area contributed by atoms with Gasteiger partial charge in [-0.3, -0.25) is 4.79 Å². The van der Waals surface area contributed by atoms with Crippen molar-refractivity contribution in [2.24, 2.45) is 0 Å². The van der Waals surface area contributed by atoms with E-state index < -0.39 is 0 Å². The molecule has 2 aromatic rings. The molecule has 2 nitrogen and oxygen atoms in total. The maximum atomic E-state index is 12.3. The van der Waals surface area contributed by atoms with Gasteiger partial charge in [-0.2, -0.15) is 0 Å². The average Bonchev–Trinajstić information content (AvgIpc) is 2.47. The molecule has 0 fully saturated rings. The highest BCUT2D eigenvalue weighted by Crippen LogP contribution is 2.16. The number of rotatable bonds is 6. The molecule has 0 atom stereocenters. The van der Waals surface area contributed by atoms with Crippen LogP contribution in [0.15, 0.2) is 42.5 Å². The molecule has 20 heavy (non-hydrogen) atoms. The summed E-state index contributed by atoms with van der Waals surface area (Å²) in [5.41, 5.74) is 1.09. The van der Waals surface area contributed by atoms with E-state index in [4.69, 9.17) is 0 Å². The third kappa shape index (κ3) is 3.83. The van der Waals surface area contributed by atoms with Crippen molar-refractivity contribution < 1.29 is 4.79 Å². The van der Waals surface area contributed by atoms with Gasteiger partial charge in [0, 0.05) is 18.4 Å². The fourth-order valence-electron chi connectivity index (χ4n) is 2.37. The van der Waals surface area contributed by atoms with Gasteiger partial charge in [-0.1, -0.05) is 65.3 Å². The van der Waals surface area contributed by atoms with E-state index in [0.717, 1.165) is 30.4 Å². The molecule has 0 aliphatic rings. The molecular formula is C17H20BrNO. The Morgan fingerprint density at radius 2 is 1.85 bits per heavy atom. The SMILES string of the molecule is CCCN(CCBr)C(=O)Cc1ccc2ccccc2c1. The molecule has 0 aliphatic carbocycles. The summed E-state index contributed by atoms with van der Waals surface area (Å²) in [6, 6.07) is 14.5. The summed E-state index contributed by atoms with van der Waals surface area (Å²) in [5, 5.41) is 3.24. The van der Waals surface area contributed by atoms with Gasteiger partial charge in [-0.05, 0) is 22.8 Å². The standard InChI is InChI=1S/C17H20BrNO/c1-2-10-19(11-9-18)17(20)13-14-7-8-15-5-3-4-6-16(15)12-14/h3-8,12H,2,9-11,13H2,1H3. The summed E-state index contributed by atoms with van der Waals surface area (Å²) in [6.45, 7) is 3.71. The number of nitrogens with zero attached hydrogens (tertiary/aromatic N) is 1. The van der Waals surface area contributed by atoms with Gasteiger partial charge < -0.3 is 4.90 Å². The summed E-state index contributed by atoms with van der Waals surface area (Å²) in [6.07, 6.45) is 1.48. The monoisotopic (exact) mass is 333 g/mol.